The molecule has 7 heteroatoms. The van der Waals surface area contributed by atoms with Gasteiger partial charge in [0.1, 0.15) is 6.04 Å². The van der Waals surface area contributed by atoms with Gasteiger partial charge in [-0.3, -0.25) is 4.79 Å². The fourth-order valence-electron chi connectivity index (χ4n) is 2.28. The van der Waals surface area contributed by atoms with Crippen molar-refractivity contribution in [1.82, 2.24) is 15.1 Å². The van der Waals surface area contributed by atoms with Crippen LogP contribution in [0.5, 0.6) is 0 Å². The summed E-state index contributed by atoms with van der Waals surface area (Å²) in [5.74, 6) is -0.992. The number of rotatable bonds is 6. The molecule has 7 nitrogen and oxygen atoms in total. The number of nitrogens with zero attached hydrogens (tertiary/aromatic N) is 2. The van der Waals surface area contributed by atoms with Crippen LogP contribution in [-0.4, -0.2) is 65.5 Å². The van der Waals surface area contributed by atoms with E-state index in [1.54, 1.807) is 11.8 Å². The smallest absolute Gasteiger partial charge is 0.326 e. The molecule has 1 aliphatic rings. The van der Waals surface area contributed by atoms with E-state index in [9.17, 15) is 14.4 Å². The molecule has 1 unspecified atom stereocenters. The first-order chi connectivity index (χ1) is 9.47. The molecule has 20 heavy (non-hydrogen) atoms. The summed E-state index contributed by atoms with van der Waals surface area (Å²) in [4.78, 5) is 37.4. The van der Waals surface area contributed by atoms with Crippen molar-refractivity contribution in [2.24, 2.45) is 0 Å². The van der Waals surface area contributed by atoms with Crippen molar-refractivity contribution in [1.29, 1.82) is 0 Å². The third-order valence-electron chi connectivity index (χ3n) is 3.53. The second kappa shape index (κ2) is 7.72. The van der Waals surface area contributed by atoms with Crippen LogP contribution in [0.4, 0.5) is 4.79 Å². The summed E-state index contributed by atoms with van der Waals surface area (Å²) in [6.07, 6.45) is 2.67. The molecular formula is C13H23N3O4. The lowest BCUT2D eigenvalue weighted by Crippen LogP contribution is -2.47. The molecule has 0 radical (unpaired) electrons. The quantitative estimate of drug-likeness (QED) is 0.743. The second-order valence-electron chi connectivity index (χ2n) is 4.94. The van der Waals surface area contributed by atoms with E-state index in [2.05, 4.69) is 5.32 Å². The highest BCUT2D eigenvalue weighted by Gasteiger charge is 2.24. The number of carbonyl (C=O) groups excluding carboxylic acids is 2. The highest BCUT2D eigenvalue weighted by molar-refractivity contribution is 5.83. The Hall–Kier alpha value is -1.79. The van der Waals surface area contributed by atoms with E-state index >= 15 is 0 Å². The van der Waals surface area contributed by atoms with Crippen LogP contribution in [0.1, 0.15) is 32.6 Å². The molecular weight excluding hydrogens is 262 g/mol. The molecule has 1 aliphatic heterocycles. The third-order valence-corrected chi connectivity index (χ3v) is 3.53. The van der Waals surface area contributed by atoms with Crippen molar-refractivity contribution in [3.63, 3.8) is 0 Å². The van der Waals surface area contributed by atoms with Crippen LogP contribution in [0.15, 0.2) is 0 Å². The normalized spacial score (nSPS) is 15.8. The lowest BCUT2D eigenvalue weighted by atomic mass is 10.2. The number of hydrogen-bond acceptors (Lipinski definition) is 3. The Kier molecular flexibility index (Phi) is 6.27. The summed E-state index contributed by atoms with van der Waals surface area (Å²) in [5, 5.41) is 11.5. The molecule has 0 spiro atoms. The lowest BCUT2D eigenvalue weighted by molar-refractivity contribution is -0.142. The minimum atomic E-state index is -1.03. The number of carboxylic acid groups (broad SMARTS) is 1. The van der Waals surface area contributed by atoms with Crippen LogP contribution in [-0.2, 0) is 9.59 Å². The summed E-state index contributed by atoms with van der Waals surface area (Å²) in [5.41, 5.74) is 0. The Morgan fingerprint density at radius 1 is 1.30 bits per heavy atom. The van der Waals surface area contributed by atoms with E-state index in [-0.39, 0.29) is 18.9 Å². The minimum Gasteiger partial charge on any atom is -0.480 e. The monoisotopic (exact) mass is 285 g/mol. The number of likely N-dealkylation sites (N-methyl/N-ethyl adjacent to an activating group) is 1. The highest BCUT2D eigenvalue weighted by Crippen LogP contribution is 2.08. The first kappa shape index (κ1) is 16.3. The van der Waals surface area contributed by atoms with E-state index < -0.39 is 18.0 Å². The van der Waals surface area contributed by atoms with Gasteiger partial charge in [0, 0.05) is 33.1 Å². The molecule has 0 aromatic heterocycles. The molecule has 0 saturated carbocycles. The van der Waals surface area contributed by atoms with Gasteiger partial charge in [0.25, 0.3) is 0 Å². The number of amides is 3. The first-order valence-corrected chi connectivity index (χ1v) is 6.98. The summed E-state index contributed by atoms with van der Waals surface area (Å²) in [6.45, 7) is 3.53. The van der Waals surface area contributed by atoms with Gasteiger partial charge >= 0.3 is 12.0 Å². The Morgan fingerprint density at radius 3 is 2.40 bits per heavy atom. The van der Waals surface area contributed by atoms with Gasteiger partial charge in [0.15, 0.2) is 0 Å². The molecule has 1 fully saturated rings. The zero-order chi connectivity index (χ0) is 15.1. The molecule has 0 aromatic carbocycles. The SMILES string of the molecule is CCC(C(=O)O)N(C)C(=O)NCCC(=O)N1CCCC1. The maximum Gasteiger partial charge on any atom is 0.326 e. The van der Waals surface area contributed by atoms with Crippen molar-refractivity contribution >= 4 is 17.9 Å². The molecule has 1 atom stereocenters. The molecule has 114 valence electrons. The predicted octanol–water partition coefficient (Wildman–Crippen LogP) is 0.504. The highest BCUT2D eigenvalue weighted by atomic mass is 16.4. The van der Waals surface area contributed by atoms with Crippen molar-refractivity contribution in [3.8, 4) is 0 Å². The Labute approximate surface area is 118 Å². The minimum absolute atomic E-state index is 0.0377. The van der Waals surface area contributed by atoms with E-state index in [1.165, 1.54) is 7.05 Å². The maximum atomic E-state index is 11.8. The van der Waals surface area contributed by atoms with Gasteiger partial charge in [-0.25, -0.2) is 9.59 Å². The molecule has 0 aromatic rings. The fraction of sp³-hybridized carbons (Fsp3) is 0.769. The summed E-state index contributed by atoms with van der Waals surface area (Å²) >= 11 is 0. The van der Waals surface area contributed by atoms with Crippen LogP contribution < -0.4 is 5.32 Å². The summed E-state index contributed by atoms with van der Waals surface area (Å²) < 4.78 is 0. The molecule has 1 saturated heterocycles. The Bertz CT molecular complexity index is 367. The number of aliphatic carboxylic acids is 1. The van der Waals surface area contributed by atoms with Gasteiger partial charge in [-0.15, -0.1) is 0 Å². The number of nitrogens with one attached hydrogen (secondary N) is 1. The topological polar surface area (TPSA) is 90.0 Å². The summed E-state index contributed by atoms with van der Waals surface area (Å²) in [6, 6.07) is -1.31. The van der Waals surface area contributed by atoms with E-state index in [4.69, 9.17) is 5.11 Å². The zero-order valence-corrected chi connectivity index (χ0v) is 12.1. The van der Waals surface area contributed by atoms with E-state index in [1.807, 2.05) is 0 Å². The Morgan fingerprint density at radius 2 is 1.90 bits per heavy atom. The molecule has 1 rings (SSSR count). The van der Waals surface area contributed by atoms with Crippen LogP contribution in [0.25, 0.3) is 0 Å². The van der Waals surface area contributed by atoms with Crippen molar-refractivity contribution in [2.45, 2.75) is 38.6 Å². The number of carboxylic acids is 1. The molecule has 0 aliphatic carbocycles. The average molecular weight is 285 g/mol. The standard InChI is InChI=1S/C13H23N3O4/c1-3-10(12(18)19)15(2)13(20)14-7-6-11(17)16-8-4-5-9-16/h10H,3-9H2,1-2H3,(H,14,20)(H,18,19). The van der Waals surface area contributed by atoms with Gasteiger partial charge in [0.2, 0.25) is 5.91 Å². The fourth-order valence-corrected chi connectivity index (χ4v) is 2.28. The third kappa shape index (κ3) is 4.40. The summed E-state index contributed by atoms with van der Waals surface area (Å²) in [7, 11) is 1.44. The van der Waals surface area contributed by atoms with Crippen molar-refractivity contribution in [3.05, 3.63) is 0 Å². The average Bonchev–Trinajstić information content (AvgIpc) is 2.92. The molecule has 2 N–H and O–H groups in total. The largest absolute Gasteiger partial charge is 0.480 e. The van der Waals surface area contributed by atoms with Gasteiger partial charge < -0.3 is 20.2 Å². The zero-order valence-electron chi connectivity index (χ0n) is 12.1. The van der Waals surface area contributed by atoms with Crippen molar-refractivity contribution < 1.29 is 19.5 Å². The second-order valence-corrected chi connectivity index (χ2v) is 4.94. The number of urea groups is 1. The number of carbonyl (C=O) groups is 3. The van der Waals surface area contributed by atoms with Gasteiger partial charge in [-0.1, -0.05) is 6.92 Å². The van der Waals surface area contributed by atoms with Crippen LogP contribution in [0.3, 0.4) is 0 Å². The van der Waals surface area contributed by atoms with E-state index in [0.717, 1.165) is 30.8 Å². The predicted molar refractivity (Wildman–Crippen MR) is 73.3 cm³/mol. The first-order valence-electron chi connectivity index (χ1n) is 6.98. The Balaban J connectivity index is 2.31. The van der Waals surface area contributed by atoms with Crippen LogP contribution in [0, 0.1) is 0 Å². The lowest BCUT2D eigenvalue weighted by Gasteiger charge is -2.24. The number of hydrogen-bond donors (Lipinski definition) is 2. The van der Waals surface area contributed by atoms with E-state index in [0.29, 0.717) is 6.42 Å². The molecule has 1 heterocycles. The maximum absolute atomic E-state index is 11.8. The molecule has 0 bridgehead atoms. The van der Waals surface area contributed by atoms with Crippen LogP contribution >= 0.6 is 0 Å². The van der Waals surface area contributed by atoms with Gasteiger partial charge in [-0.2, -0.15) is 0 Å². The van der Waals surface area contributed by atoms with Crippen LogP contribution in [0.2, 0.25) is 0 Å². The van der Waals surface area contributed by atoms with Gasteiger partial charge in [0.05, 0.1) is 0 Å². The van der Waals surface area contributed by atoms with Crippen molar-refractivity contribution in [2.75, 3.05) is 26.7 Å². The molecule has 3 amide bonds. The van der Waals surface area contributed by atoms with Gasteiger partial charge in [-0.05, 0) is 19.3 Å². The number of likely N-dealkylation sites (tertiary alicyclic amines) is 1.